The van der Waals surface area contributed by atoms with Gasteiger partial charge in [0.15, 0.2) is 0 Å². The third-order valence-electron chi connectivity index (χ3n) is 2.47. The third-order valence-corrected chi connectivity index (χ3v) is 2.47. The second-order valence-electron chi connectivity index (χ2n) is 4.80. The van der Waals surface area contributed by atoms with Crippen LogP contribution in [0.15, 0.2) is 30.3 Å². The van der Waals surface area contributed by atoms with Gasteiger partial charge in [0.2, 0.25) is 0 Å². The molecule has 80 valence electrons. The number of pyridine rings is 1. The van der Waals surface area contributed by atoms with Crippen molar-refractivity contribution in [3.63, 3.8) is 0 Å². The second kappa shape index (κ2) is 4.49. The van der Waals surface area contributed by atoms with Crippen LogP contribution in [0.4, 0.5) is 0 Å². The molecule has 3 heteroatoms. The fourth-order valence-corrected chi connectivity index (χ4v) is 1.55. The molecule has 0 amide bonds. The van der Waals surface area contributed by atoms with Gasteiger partial charge in [-0.3, -0.25) is 0 Å². The molecule has 1 heterocycles. The molecule has 0 aliphatic heterocycles. The smallest absolute Gasteiger partial charge is 1.00 e. The number of nitrogens with zero attached hydrogens (tertiary/aromatic N) is 1. The van der Waals surface area contributed by atoms with Crippen molar-refractivity contribution >= 4 is 10.9 Å². The molecular formula is C13H16LiNO. The van der Waals surface area contributed by atoms with Crippen LogP contribution < -0.4 is 18.9 Å². The summed E-state index contributed by atoms with van der Waals surface area (Å²) in [4.78, 5) is 4.50. The molecule has 0 saturated carbocycles. The van der Waals surface area contributed by atoms with Crippen LogP contribution >= 0.6 is 0 Å². The zero-order chi connectivity index (χ0) is 11.1. The van der Waals surface area contributed by atoms with Gasteiger partial charge in [0, 0.05) is 16.5 Å². The Morgan fingerprint density at radius 2 is 1.81 bits per heavy atom. The van der Waals surface area contributed by atoms with Gasteiger partial charge >= 0.3 is 18.9 Å². The topological polar surface area (TPSA) is 33.1 Å². The first-order chi connectivity index (χ1) is 6.98. The number of rotatable bonds is 0. The quantitative estimate of drug-likeness (QED) is 0.635. The Bertz CT molecular complexity index is 508. The molecular weight excluding hydrogens is 193 g/mol. The van der Waals surface area contributed by atoms with Gasteiger partial charge < -0.3 is 6.53 Å². The molecule has 1 aromatic heterocycles. The average Bonchev–Trinajstić information content (AvgIpc) is 2.16. The monoisotopic (exact) mass is 209 g/mol. The Labute approximate surface area is 109 Å². The largest absolute Gasteiger partial charge is 1.00 e. The van der Waals surface area contributed by atoms with E-state index in [1.54, 1.807) is 6.07 Å². The molecule has 1 N–H and O–H groups in total. The standard InChI is InChI=1S/C13H15NO.Li.H/c1-13(2,3)11-8-7-9-5-4-6-10(15)12(9)14-11;;/h4-8,15H,1-3H3;;/q;+1;-1. The molecule has 0 spiro atoms. The molecule has 16 heavy (non-hydrogen) atoms. The maximum Gasteiger partial charge on any atom is 1.00 e. The first kappa shape index (κ1) is 13.1. The third kappa shape index (κ3) is 2.40. The number of hydrogen-bond donors (Lipinski definition) is 1. The van der Waals surface area contributed by atoms with Crippen molar-refractivity contribution in [2.75, 3.05) is 0 Å². The van der Waals surface area contributed by atoms with Gasteiger partial charge in [-0.15, -0.1) is 0 Å². The molecule has 0 saturated heterocycles. The summed E-state index contributed by atoms with van der Waals surface area (Å²) < 4.78 is 0. The van der Waals surface area contributed by atoms with E-state index >= 15 is 0 Å². The van der Waals surface area contributed by atoms with Crippen LogP contribution in [0.25, 0.3) is 10.9 Å². The summed E-state index contributed by atoms with van der Waals surface area (Å²) >= 11 is 0. The van der Waals surface area contributed by atoms with E-state index in [0.29, 0.717) is 5.52 Å². The van der Waals surface area contributed by atoms with Crippen molar-refractivity contribution in [2.45, 2.75) is 26.2 Å². The summed E-state index contributed by atoms with van der Waals surface area (Å²) in [5, 5.41) is 10.7. The van der Waals surface area contributed by atoms with E-state index in [2.05, 4.69) is 25.8 Å². The van der Waals surface area contributed by atoms with Crippen molar-refractivity contribution in [1.29, 1.82) is 0 Å². The van der Waals surface area contributed by atoms with E-state index in [1.807, 2.05) is 24.3 Å². The molecule has 0 aliphatic rings. The minimum absolute atomic E-state index is 0. The van der Waals surface area contributed by atoms with E-state index in [4.69, 9.17) is 0 Å². The summed E-state index contributed by atoms with van der Waals surface area (Å²) in [6.45, 7) is 6.34. The van der Waals surface area contributed by atoms with Crippen LogP contribution in [0.2, 0.25) is 0 Å². The zero-order valence-electron chi connectivity index (χ0n) is 11.3. The fourth-order valence-electron chi connectivity index (χ4n) is 1.55. The Balaban J connectivity index is 0.00000128. The number of para-hydroxylation sites is 1. The van der Waals surface area contributed by atoms with Crippen LogP contribution in [-0.4, -0.2) is 10.1 Å². The van der Waals surface area contributed by atoms with Crippen LogP contribution in [0.5, 0.6) is 5.75 Å². The van der Waals surface area contributed by atoms with Gasteiger partial charge in [-0.05, 0) is 12.1 Å². The maximum atomic E-state index is 9.70. The summed E-state index contributed by atoms with van der Waals surface area (Å²) in [5.41, 5.74) is 1.69. The van der Waals surface area contributed by atoms with Gasteiger partial charge in [-0.1, -0.05) is 39.0 Å². The van der Waals surface area contributed by atoms with Crippen molar-refractivity contribution < 1.29 is 25.4 Å². The minimum atomic E-state index is 0. The Morgan fingerprint density at radius 3 is 2.44 bits per heavy atom. The molecule has 0 atom stereocenters. The molecule has 0 fully saturated rings. The van der Waals surface area contributed by atoms with Gasteiger partial charge in [0.25, 0.3) is 0 Å². The van der Waals surface area contributed by atoms with Crippen molar-refractivity contribution in [3.05, 3.63) is 36.0 Å². The predicted molar refractivity (Wildman–Crippen MR) is 63.2 cm³/mol. The van der Waals surface area contributed by atoms with Crippen LogP contribution in [0.3, 0.4) is 0 Å². The zero-order valence-corrected chi connectivity index (χ0v) is 10.3. The molecule has 0 radical (unpaired) electrons. The van der Waals surface area contributed by atoms with Crippen LogP contribution in [0, 0.1) is 0 Å². The summed E-state index contributed by atoms with van der Waals surface area (Å²) in [5.74, 6) is 0.249. The van der Waals surface area contributed by atoms with Gasteiger partial charge in [0.05, 0.1) is 0 Å². The first-order valence-corrected chi connectivity index (χ1v) is 5.08. The Kier molecular flexibility index (Phi) is 3.67. The molecule has 0 unspecified atom stereocenters. The van der Waals surface area contributed by atoms with E-state index < -0.39 is 0 Å². The Hall–Kier alpha value is -0.973. The molecule has 2 aromatic rings. The molecule has 0 aliphatic carbocycles. The summed E-state index contributed by atoms with van der Waals surface area (Å²) in [7, 11) is 0. The normalized spacial score (nSPS) is 11.2. The van der Waals surface area contributed by atoms with Crippen LogP contribution in [0.1, 0.15) is 27.9 Å². The van der Waals surface area contributed by atoms with Crippen molar-refractivity contribution in [2.24, 2.45) is 0 Å². The predicted octanol–water partition coefficient (Wildman–Crippen LogP) is 0.354. The number of aromatic nitrogens is 1. The average molecular weight is 209 g/mol. The molecule has 2 rings (SSSR count). The Morgan fingerprint density at radius 1 is 1.12 bits per heavy atom. The minimum Gasteiger partial charge on any atom is -1.00 e. The van der Waals surface area contributed by atoms with Gasteiger partial charge in [-0.25, -0.2) is 4.98 Å². The first-order valence-electron chi connectivity index (χ1n) is 5.08. The van der Waals surface area contributed by atoms with Gasteiger partial charge in [0.1, 0.15) is 11.3 Å². The fraction of sp³-hybridized carbons (Fsp3) is 0.308. The van der Waals surface area contributed by atoms with Crippen molar-refractivity contribution in [3.8, 4) is 5.75 Å². The number of phenols is 1. The number of phenolic OH excluding ortho intramolecular Hbond substituents is 1. The van der Waals surface area contributed by atoms with Crippen molar-refractivity contribution in [1.82, 2.24) is 4.98 Å². The van der Waals surface area contributed by atoms with E-state index in [0.717, 1.165) is 11.1 Å². The maximum absolute atomic E-state index is 9.70. The number of fused-ring (bicyclic) bond motifs is 1. The molecule has 1 aromatic carbocycles. The van der Waals surface area contributed by atoms with Crippen LogP contribution in [-0.2, 0) is 5.41 Å². The number of aromatic hydroxyl groups is 1. The van der Waals surface area contributed by atoms with E-state index in [-0.39, 0.29) is 31.5 Å². The molecule has 2 nitrogen and oxygen atoms in total. The van der Waals surface area contributed by atoms with Gasteiger partial charge in [-0.2, -0.15) is 0 Å². The summed E-state index contributed by atoms with van der Waals surface area (Å²) in [6.07, 6.45) is 0. The number of hydrogen-bond acceptors (Lipinski definition) is 2. The second-order valence-corrected chi connectivity index (χ2v) is 4.80. The van der Waals surface area contributed by atoms with E-state index in [9.17, 15) is 5.11 Å². The number of benzene rings is 1. The SMILES string of the molecule is CC(C)(C)c1ccc2cccc(O)c2n1.[H-].[Li+]. The summed E-state index contributed by atoms with van der Waals surface area (Å²) in [6, 6.07) is 9.47. The molecule has 0 bridgehead atoms. The van der Waals surface area contributed by atoms with E-state index in [1.165, 1.54) is 0 Å².